The number of halogens is 3. The number of fused-ring (bicyclic) bond motifs is 1. The molecule has 2 atom stereocenters. The lowest BCUT2D eigenvalue weighted by Gasteiger charge is -2.18. The molecule has 0 aromatic heterocycles. The second kappa shape index (κ2) is 5.72. The van der Waals surface area contributed by atoms with Gasteiger partial charge in [0.2, 0.25) is 0 Å². The Kier molecular flexibility index (Phi) is 3.97. The Morgan fingerprint density at radius 3 is 2.80 bits per heavy atom. The predicted molar refractivity (Wildman–Crippen MR) is 80.8 cm³/mol. The summed E-state index contributed by atoms with van der Waals surface area (Å²) in [4.78, 5) is 0. The van der Waals surface area contributed by atoms with Crippen molar-refractivity contribution in [2.45, 2.75) is 24.4 Å². The van der Waals surface area contributed by atoms with Gasteiger partial charge in [0.15, 0.2) is 0 Å². The maximum atomic E-state index is 13.4. The molecular weight excluding hydrogens is 296 g/mol. The van der Waals surface area contributed by atoms with Gasteiger partial charge in [0.25, 0.3) is 0 Å². The van der Waals surface area contributed by atoms with Crippen LogP contribution < -0.4 is 5.32 Å². The van der Waals surface area contributed by atoms with Crippen LogP contribution in [0, 0.1) is 5.82 Å². The third kappa shape index (κ3) is 2.56. The van der Waals surface area contributed by atoms with Gasteiger partial charge in [-0.15, -0.1) is 11.6 Å². The Bertz CT molecular complexity index is 630. The average Bonchev–Trinajstić information content (AvgIpc) is 2.76. The number of benzene rings is 2. The third-order valence-electron chi connectivity index (χ3n) is 3.71. The van der Waals surface area contributed by atoms with Crippen LogP contribution >= 0.6 is 23.2 Å². The van der Waals surface area contributed by atoms with Crippen LogP contribution in [0.4, 0.5) is 4.39 Å². The predicted octanol–water partition coefficient (Wildman–Crippen LogP) is 4.47. The first-order valence-electron chi connectivity index (χ1n) is 6.55. The van der Waals surface area contributed by atoms with Crippen LogP contribution in [0.1, 0.15) is 22.7 Å². The van der Waals surface area contributed by atoms with Crippen LogP contribution in [0.25, 0.3) is 0 Å². The minimum atomic E-state index is -0.389. The highest BCUT2D eigenvalue weighted by Gasteiger charge is 2.30. The second-order valence-corrected chi connectivity index (χ2v) is 5.93. The highest BCUT2D eigenvalue weighted by molar-refractivity contribution is 6.31. The van der Waals surface area contributed by atoms with Crippen molar-refractivity contribution in [2.24, 2.45) is 0 Å². The molecule has 0 fully saturated rings. The van der Waals surface area contributed by atoms with E-state index in [-0.39, 0.29) is 22.3 Å². The average molecular weight is 310 g/mol. The molecule has 1 N–H and O–H groups in total. The summed E-state index contributed by atoms with van der Waals surface area (Å²) in [6.07, 6.45) is 0.853. The zero-order chi connectivity index (χ0) is 14.1. The van der Waals surface area contributed by atoms with Gasteiger partial charge in [0, 0.05) is 12.6 Å². The largest absolute Gasteiger partial charge is 0.305 e. The first kappa shape index (κ1) is 13.9. The van der Waals surface area contributed by atoms with Gasteiger partial charge in [0.1, 0.15) is 5.82 Å². The number of hydrogen-bond acceptors (Lipinski definition) is 1. The third-order valence-corrected chi connectivity index (χ3v) is 4.54. The van der Waals surface area contributed by atoms with Gasteiger partial charge in [-0.1, -0.05) is 48.0 Å². The summed E-state index contributed by atoms with van der Waals surface area (Å²) in [5.74, 6) is -0.389. The minimum absolute atomic E-state index is 0.0136. The van der Waals surface area contributed by atoms with Crippen LogP contribution in [0.2, 0.25) is 5.02 Å². The SMILES string of the molecule is Fc1cccc(CNC2c3ccccc3CC2Cl)c1Cl. The standard InChI is InChI=1S/C16H14Cl2FN/c17-13-8-10-4-1-2-6-12(10)16(13)20-9-11-5-3-7-14(19)15(11)18/h1-7,13,16,20H,8-9H2. The highest BCUT2D eigenvalue weighted by Crippen LogP contribution is 2.35. The molecule has 1 aliphatic carbocycles. The molecule has 3 rings (SSSR count). The van der Waals surface area contributed by atoms with E-state index in [4.69, 9.17) is 23.2 Å². The van der Waals surface area contributed by atoms with Crippen LogP contribution in [0.15, 0.2) is 42.5 Å². The molecule has 4 heteroatoms. The van der Waals surface area contributed by atoms with E-state index in [9.17, 15) is 4.39 Å². The first-order valence-corrected chi connectivity index (χ1v) is 7.36. The van der Waals surface area contributed by atoms with Crippen molar-refractivity contribution < 1.29 is 4.39 Å². The zero-order valence-electron chi connectivity index (χ0n) is 10.7. The van der Waals surface area contributed by atoms with Crippen molar-refractivity contribution in [3.63, 3.8) is 0 Å². The van der Waals surface area contributed by atoms with Crippen molar-refractivity contribution in [3.05, 3.63) is 70.0 Å². The molecule has 2 unspecified atom stereocenters. The Morgan fingerprint density at radius 2 is 1.95 bits per heavy atom. The summed E-state index contributed by atoms with van der Waals surface area (Å²) in [7, 11) is 0. The summed E-state index contributed by atoms with van der Waals surface area (Å²) in [6, 6.07) is 13.1. The molecule has 0 spiro atoms. The fourth-order valence-electron chi connectivity index (χ4n) is 2.69. The maximum absolute atomic E-state index is 13.4. The molecule has 1 aliphatic rings. The Hall–Kier alpha value is -1.09. The van der Waals surface area contributed by atoms with Crippen molar-refractivity contribution >= 4 is 23.2 Å². The number of alkyl halides is 1. The highest BCUT2D eigenvalue weighted by atomic mass is 35.5. The first-order chi connectivity index (χ1) is 9.66. The van der Waals surface area contributed by atoms with Crippen molar-refractivity contribution in [3.8, 4) is 0 Å². The molecule has 0 bridgehead atoms. The number of nitrogens with one attached hydrogen (secondary N) is 1. The maximum Gasteiger partial charge on any atom is 0.142 e. The summed E-state index contributed by atoms with van der Waals surface area (Å²) in [5, 5.41) is 3.58. The Balaban J connectivity index is 1.77. The van der Waals surface area contributed by atoms with E-state index in [1.165, 1.54) is 17.2 Å². The van der Waals surface area contributed by atoms with Crippen LogP contribution in [0.5, 0.6) is 0 Å². The molecule has 0 radical (unpaired) electrons. The quantitative estimate of drug-likeness (QED) is 0.825. The van der Waals surface area contributed by atoms with E-state index in [0.29, 0.717) is 6.54 Å². The van der Waals surface area contributed by atoms with Crippen LogP contribution in [0.3, 0.4) is 0 Å². The van der Waals surface area contributed by atoms with E-state index >= 15 is 0 Å². The lowest BCUT2D eigenvalue weighted by atomic mass is 10.1. The van der Waals surface area contributed by atoms with E-state index in [1.807, 2.05) is 18.2 Å². The van der Waals surface area contributed by atoms with Crippen LogP contribution in [-0.2, 0) is 13.0 Å². The molecule has 0 aliphatic heterocycles. The fraction of sp³-hybridized carbons (Fsp3) is 0.250. The molecule has 2 aromatic carbocycles. The summed E-state index contributed by atoms with van der Waals surface area (Å²) < 4.78 is 13.4. The van der Waals surface area contributed by atoms with Gasteiger partial charge in [-0.25, -0.2) is 4.39 Å². The van der Waals surface area contributed by atoms with Gasteiger partial charge in [-0.05, 0) is 29.2 Å². The zero-order valence-corrected chi connectivity index (χ0v) is 12.3. The summed E-state index contributed by atoms with van der Waals surface area (Å²) in [5.41, 5.74) is 3.25. The van der Waals surface area contributed by atoms with Crippen molar-refractivity contribution in [2.75, 3.05) is 0 Å². The topological polar surface area (TPSA) is 12.0 Å². The van der Waals surface area contributed by atoms with Crippen molar-refractivity contribution in [1.82, 2.24) is 5.32 Å². The molecule has 20 heavy (non-hydrogen) atoms. The smallest absolute Gasteiger partial charge is 0.142 e. The minimum Gasteiger partial charge on any atom is -0.305 e. The van der Waals surface area contributed by atoms with Gasteiger partial charge >= 0.3 is 0 Å². The van der Waals surface area contributed by atoms with Gasteiger partial charge in [-0.2, -0.15) is 0 Å². The van der Waals surface area contributed by atoms with E-state index in [2.05, 4.69) is 17.4 Å². The molecule has 2 aromatic rings. The van der Waals surface area contributed by atoms with Crippen LogP contribution in [-0.4, -0.2) is 5.38 Å². The Morgan fingerprint density at radius 1 is 1.15 bits per heavy atom. The number of rotatable bonds is 3. The molecule has 0 amide bonds. The monoisotopic (exact) mass is 309 g/mol. The second-order valence-electron chi connectivity index (χ2n) is 4.99. The van der Waals surface area contributed by atoms with E-state index < -0.39 is 0 Å². The Labute approximate surface area is 127 Å². The van der Waals surface area contributed by atoms with Gasteiger partial charge in [-0.3, -0.25) is 0 Å². The molecular formula is C16H14Cl2FN. The van der Waals surface area contributed by atoms with Crippen molar-refractivity contribution in [1.29, 1.82) is 0 Å². The normalized spacial score (nSPS) is 20.9. The number of hydrogen-bond donors (Lipinski definition) is 1. The molecule has 0 heterocycles. The summed E-state index contributed by atoms with van der Waals surface area (Å²) in [6.45, 7) is 0.499. The molecule has 1 nitrogen and oxygen atoms in total. The van der Waals surface area contributed by atoms with Gasteiger partial charge in [0.05, 0.1) is 10.4 Å². The molecule has 0 saturated carbocycles. The summed E-state index contributed by atoms with van der Waals surface area (Å²) >= 11 is 12.4. The lowest BCUT2D eigenvalue weighted by molar-refractivity contribution is 0.533. The fourth-order valence-corrected chi connectivity index (χ4v) is 3.27. The lowest BCUT2D eigenvalue weighted by Crippen LogP contribution is -2.25. The van der Waals surface area contributed by atoms with E-state index in [1.54, 1.807) is 6.07 Å². The van der Waals surface area contributed by atoms with E-state index in [0.717, 1.165) is 12.0 Å². The molecule has 104 valence electrons. The molecule has 0 saturated heterocycles. The van der Waals surface area contributed by atoms with Gasteiger partial charge < -0.3 is 5.32 Å².